The summed E-state index contributed by atoms with van der Waals surface area (Å²) in [5.74, 6) is 2.38. The van der Waals surface area contributed by atoms with Crippen molar-refractivity contribution in [2.45, 2.75) is 64.2 Å². The molecule has 2 aliphatic carbocycles. The number of allylic oxidation sites excluding steroid dienone is 1. The lowest BCUT2D eigenvalue weighted by molar-refractivity contribution is 0.0111. The molecule has 6 rings (SSSR count). The van der Waals surface area contributed by atoms with Gasteiger partial charge in [-0.2, -0.15) is 0 Å². The lowest BCUT2D eigenvalue weighted by Gasteiger charge is -2.53. The normalized spacial score (nSPS) is 27.6. The van der Waals surface area contributed by atoms with Gasteiger partial charge in [0.2, 0.25) is 0 Å². The number of likely N-dealkylation sites (N-methyl/N-ethyl adjacent to an activating group) is 1. The summed E-state index contributed by atoms with van der Waals surface area (Å²) in [6.07, 6.45) is 15.4. The molecule has 1 saturated carbocycles. The first-order chi connectivity index (χ1) is 20.9. The fraction of sp³-hybridized carbons (Fsp3) is 0.579. The Bertz CT molecular complexity index is 1320. The first-order valence-electron chi connectivity index (χ1n) is 16.9. The van der Waals surface area contributed by atoms with Crippen LogP contribution in [0.4, 0.5) is 5.69 Å². The Kier molecular flexibility index (Phi) is 9.29. The zero-order chi connectivity index (χ0) is 30.0. The summed E-state index contributed by atoms with van der Waals surface area (Å²) in [5, 5.41) is 0.842. The van der Waals surface area contributed by atoms with Crippen LogP contribution in [0.5, 0.6) is 5.75 Å². The summed E-state index contributed by atoms with van der Waals surface area (Å²) in [5.41, 5.74) is 5.45. The Balaban J connectivity index is 1.32. The van der Waals surface area contributed by atoms with Gasteiger partial charge in [0.1, 0.15) is 5.75 Å². The third-order valence-electron chi connectivity index (χ3n) is 11.4. The number of piperazine rings is 1. The quantitative estimate of drug-likeness (QED) is 0.270. The molecule has 0 N–H and O–H groups in total. The molecule has 4 atom stereocenters. The van der Waals surface area contributed by atoms with Crippen molar-refractivity contribution in [1.29, 1.82) is 0 Å². The van der Waals surface area contributed by atoms with E-state index in [4.69, 9.17) is 16.3 Å². The fourth-order valence-corrected chi connectivity index (χ4v) is 8.84. The average Bonchev–Trinajstić information content (AvgIpc) is 3.15. The number of halogens is 1. The Morgan fingerprint density at radius 1 is 1.09 bits per heavy atom. The maximum atomic E-state index is 6.74. The summed E-state index contributed by atoms with van der Waals surface area (Å²) in [6, 6.07) is 13.2. The van der Waals surface area contributed by atoms with Crippen molar-refractivity contribution in [2.24, 2.45) is 17.3 Å². The van der Waals surface area contributed by atoms with Crippen LogP contribution in [-0.2, 0) is 11.8 Å². The number of anilines is 1. The van der Waals surface area contributed by atoms with Gasteiger partial charge in [-0.25, -0.2) is 0 Å². The van der Waals surface area contributed by atoms with Crippen molar-refractivity contribution in [3.05, 3.63) is 76.8 Å². The van der Waals surface area contributed by atoms with E-state index in [1.165, 1.54) is 75.2 Å². The van der Waals surface area contributed by atoms with Gasteiger partial charge in [-0.1, -0.05) is 62.4 Å². The Morgan fingerprint density at radius 3 is 2.65 bits per heavy atom. The van der Waals surface area contributed by atoms with E-state index in [2.05, 4.69) is 90.7 Å². The summed E-state index contributed by atoms with van der Waals surface area (Å²) < 4.78 is 6.74. The highest BCUT2D eigenvalue weighted by Gasteiger charge is 2.48. The second kappa shape index (κ2) is 13.0. The number of rotatable bonds is 9. The number of nitrogens with zero attached hydrogens (tertiary/aromatic N) is 3. The maximum absolute atomic E-state index is 6.74. The number of fused-ring (bicyclic) bond motifs is 3. The molecule has 2 aromatic rings. The first-order valence-corrected chi connectivity index (χ1v) is 17.3. The van der Waals surface area contributed by atoms with Gasteiger partial charge in [-0.05, 0) is 105 Å². The zero-order valence-corrected chi connectivity index (χ0v) is 27.5. The third-order valence-corrected chi connectivity index (χ3v) is 11.6. The molecule has 232 valence electrons. The van der Waals surface area contributed by atoms with Crippen LogP contribution in [0.3, 0.4) is 0 Å². The van der Waals surface area contributed by atoms with Crippen molar-refractivity contribution >= 4 is 23.4 Å². The highest BCUT2D eigenvalue weighted by atomic mass is 35.5. The molecule has 0 amide bonds. The monoisotopic (exact) mass is 601 g/mol. The molecular weight excluding hydrogens is 550 g/mol. The second-order valence-electron chi connectivity index (χ2n) is 14.0. The lowest BCUT2D eigenvalue weighted by atomic mass is 9.57. The van der Waals surface area contributed by atoms with Gasteiger partial charge in [-0.15, -0.1) is 0 Å². The van der Waals surface area contributed by atoms with Crippen LogP contribution < -0.4 is 9.64 Å². The number of aryl methyl sites for hydroxylation is 1. The number of hydrogen-bond donors (Lipinski definition) is 0. The molecule has 5 heteroatoms. The standard InChI is InChI=1S/C38H52ClN3O/c1-5-8-17-37(7-3,26-41-21-19-40(4)20-22-41)34-14-12-31(34)25-42-27-38(18-9-10-30-24-32(39)13-15-33(30)38)28-43-36-16-11-29(6-2)23-35(36)42/h6,8,11,13,15-17,23-24,31,34H,2,5,7,9-10,12,14,18-22,25-28H2,1,3-4H3/b17-8+/t31?,34?,37-,38-/m0/s1. The number of hydrogen-bond acceptors (Lipinski definition) is 4. The Morgan fingerprint density at radius 2 is 1.93 bits per heavy atom. The van der Waals surface area contributed by atoms with E-state index in [1.54, 1.807) is 0 Å². The molecule has 2 heterocycles. The molecule has 2 fully saturated rings. The molecule has 43 heavy (non-hydrogen) atoms. The van der Waals surface area contributed by atoms with Crippen LogP contribution in [0.15, 0.2) is 55.1 Å². The van der Waals surface area contributed by atoms with Gasteiger partial charge in [0.05, 0.1) is 12.3 Å². The Hall–Kier alpha value is -2.27. The molecule has 2 aliphatic heterocycles. The summed E-state index contributed by atoms with van der Waals surface area (Å²) in [7, 11) is 2.26. The van der Waals surface area contributed by atoms with Crippen LogP contribution >= 0.6 is 11.6 Å². The minimum absolute atomic E-state index is 0.0332. The van der Waals surface area contributed by atoms with Gasteiger partial charge in [0.25, 0.3) is 0 Å². The predicted octanol–water partition coefficient (Wildman–Crippen LogP) is 8.09. The molecule has 0 bridgehead atoms. The summed E-state index contributed by atoms with van der Waals surface area (Å²) in [4.78, 5) is 7.95. The number of benzene rings is 2. The lowest BCUT2D eigenvalue weighted by Crippen LogP contribution is -2.54. The van der Waals surface area contributed by atoms with Crippen molar-refractivity contribution in [3.8, 4) is 5.75 Å². The zero-order valence-electron chi connectivity index (χ0n) is 26.8. The van der Waals surface area contributed by atoms with Crippen LogP contribution in [-0.4, -0.2) is 69.3 Å². The summed E-state index contributed by atoms with van der Waals surface area (Å²) in [6.45, 7) is 17.5. The van der Waals surface area contributed by atoms with Crippen LogP contribution in [0.1, 0.15) is 69.1 Å². The van der Waals surface area contributed by atoms with Crippen molar-refractivity contribution < 1.29 is 4.74 Å². The van der Waals surface area contributed by atoms with E-state index in [9.17, 15) is 0 Å². The van der Waals surface area contributed by atoms with Crippen molar-refractivity contribution in [2.75, 3.05) is 64.4 Å². The van der Waals surface area contributed by atoms with E-state index in [-0.39, 0.29) is 10.8 Å². The van der Waals surface area contributed by atoms with Crippen molar-refractivity contribution in [1.82, 2.24) is 9.80 Å². The predicted molar refractivity (Wildman–Crippen MR) is 183 cm³/mol. The van der Waals surface area contributed by atoms with E-state index in [0.29, 0.717) is 18.4 Å². The van der Waals surface area contributed by atoms with Crippen LogP contribution in [0.25, 0.3) is 6.08 Å². The highest BCUT2D eigenvalue weighted by molar-refractivity contribution is 6.30. The molecule has 4 aliphatic rings. The summed E-state index contributed by atoms with van der Waals surface area (Å²) >= 11 is 6.49. The van der Waals surface area contributed by atoms with Crippen LogP contribution in [0, 0.1) is 17.3 Å². The Labute approximate surface area is 265 Å². The van der Waals surface area contributed by atoms with Gasteiger partial charge in [0.15, 0.2) is 0 Å². The molecule has 4 nitrogen and oxygen atoms in total. The smallest absolute Gasteiger partial charge is 0.142 e. The largest absolute Gasteiger partial charge is 0.490 e. The van der Waals surface area contributed by atoms with E-state index < -0.39 is 0 Å². The van der Waals surface area contributed by atoms with E-state index in [0.717, 1.165) is 48.7 Å². The van der Waals surface area contributed by atoms with E-state index in [1.807, 2.05) is 6.08 Å². The topological polar surface area (TPSA) is 19.0 Å². The molecular formula is C38H52ClN3O. The molecule has 2 aromatic carbocycles. The molecule has 2 unspecified atom stereocenters. The van der Waals surface area contributed by atoms with Gasteiger partial charge in [0, 0.05) is 61.7 Å². The van der Waals surface area contributed by atoms with E-state index >= 15 is 0 Å². The average molecular weight is 602 g/mol. The molecule has 1 spiro atoms. The molecule has 0 aromatic heterocycles. The number of ether oxygens (including phenoxy) is 1. The third kappa shape index (κ3) is 6.17. The second-order valence-corrected chi connectivity index (χ2v) is 14.4. The SMILES string of the molecule is C=Cc1ccc2c(c1)N(CC1CCC1[C@](/C=C/CC)(CC)CN1CCN(C)CC1)C[C@@]1(CCCc3cc(Cl)ccc31)CO2. The van der Waals surface area contributed by atoms with Crippen molar-refractivity contribution in [3.63, 3.8) is 0 Å². The highest BCUT2D eigenvalue weighted by Crippen LogP contribution is 2.52. The first kappa shape index (κ1) is 30.7. The van der Waals surface area contributed by atoms with Gasteiger partial charge >= 0.3 is 0 Å². The fourth-order valence-electron chi connectivity index (χ4n) is 8.65. The van der Waals surface area contributed by atoms with Gasteiger partial charge in [-0.3, -0.25) is 4.90 Å². The minimum atomic E-state index is -0.0332. The minimum Gasteiger partial charge on any atom is -0.490 e. The molecule has 0 radical (unpaired) electrons. The van der Waals surface area contributed by atoms with Gasteiger partial charge < -0.3 is 14.5 Å². The molecule has 1 saturated heterocycles. The maximum Gasteiger partial charge on any atom is 0.142 e. The van der Waals surface area contributed by atoms with Crippen LogP contribution in [0.2, 0.25) is 5.02 Å².